The number of likely N-dealkylation sites (tertiary alicyclic amines) is 1. The number of benzene rings is 3. The molecular weight excluding hydrogens is 644 g/mol. The van der Waals surface area contributed by atoms with Crippen LogP contribution in [0.15, 0.2) is 91.5 Å². The fraction of sp³-hybridized carbons (Fsp3) is 0.316. The Morgan fingerprint density at radius 2 is 1.82 bits per heavy atom. The van der Waals surface area contributed by atoms with Gasteiger partial charge < -0.3 is 30.1 Å². The molecule has 2 fully saturated rings. The number of nitrogens with one attached hydrogen (secondary N) is 2. The third-order valence-corrected chi connectivity index (χ3v) is 9.57. The monoisotopic (exact) mass is 682 g/mol. The van der Waals surface area contributed by atoms with Crippen molar-refractivity contribution in [2.75, 3.05) is 19.0 Å². The van der Waals surface area contributed by atoms with Crippen LogP contribution in [0.3, 0.4) is 0 Å². The van der Waals surface area contributed by atoms with Crippen LogP contribution in [0.5, 0.6) is 11.5 Å². The van der Waals surface area contributed by atoms with E-state index < -0.39 is 41.5 Å². The maximum Gasteiger partial charge on any atom is 0.330 e. The maximum absolute atomic E-state index is 14.4. The van der Waals surface area contributed by atoms with Crippen molar-refractivity contribution in [3.8, 4) is 22.8 Å². The largest absolute Gasteiger partial charge is 0.497 e. The van der Waals surface area contributed by atoms with Gasteiger partial charge in [-0.1, -0.05) is 61.9 Å². The molecule has 2 aliphatic rings. The molecule has 2 heterocycles. The van der Waals surface area contributed by atoms with Crippen molar-refractivity contribution in [2.45, 2.75) is 50.4 Å². The van der Waals surface area contributed by atoms with Gasteiger partial charge >= 0.3 is 5.97 Å². The van der Waals surface area contributed by atoms with Gasteiger partial charge in [-0.3, -0.25) is 9.59 Å². The van der Waals surface area contributed by atoms with Crippen molar-refractivity contribution >= 4 is 46.0 Å². The van der Waals surface area contributed by atoms with Crippen LogP contribution in [0.1, 0.15) is 26.7 Å². The molecule has 1 saturated heterocycles. The minimum Gasteiger partial charge on any atom is -0.497 e. The molecule has 0 spiro atoms. The summed E-state index contributed by atoms with van der Waals surface area (Å²) in [4.78, 5) is 47.0. The highest BCUT2D eigenvalue weighted by atomic mass is 35.5. The SMILES string of the molecule is C=C[C@H]1CC1(NC(=O)[C@@H]1C[C@@H](Oc2cc(-c3ccccc3)nc3cc(OC)ccc23)CN1C(=O)[C@@H](Nc1ccc(Cl)cc1)C(C)C)C(=O)O. The summed E-state index contributed by atoms with van der Waals surface area (Å²) in [5.74, 6) is -1.35. The summed E-state index contributed by atoms with van der Waals surface area (Å²) < 4.78 is 12.1. The molecule has 1 saturated carbocycles. The van der Waals surface area contributed by atoms with Crippen LogP contribution < -0.4 is 20.1 Å². The number of hydrogen-bond acceptors (Lipinski definition) is 7. The van der Waals surface area contributed by atoms with Crippen LogP contribution in [0, 0.1) is 11.8 Å². The molecular formula is C38H39ClN4O6. The number of halogens is 1. The van der Waals surface area contributed by atoms with Gasteiger partial charge in [0.15, 0.2) is 0 Å². The van der Waals surface area contributed by atoms with Crippen molar-refractivity contribution in [1.82, 2.24) is 15.2 Å². The molecule has 5 atom stereocenters. The molecule has 11 heteroatoms. The molecule has 3 N–H and O–H groups in total. The number of aliphatic carboxylic acids is 1. The number of rotatable bonds is 12. The molecule has 1 aliphatic carbocycles. The number of carboxylic acids is 1. The van der Waals surface area contributed by atoms with E-state index >= 15 is 0 Å². The van der Waals surface area contributed by atoms with Gasteiger partial charge in [-0.05, 0) is 48.7 Å². The number of hydrogen-bond donors (Lipinski definition) is 3. The van der Waals surface area contributed by atoms with E-state index in [1.165, 1.54) is 11.0 Å². The zero-order chi connectivity index (χ0) is 34.9. The predicted octanol–water partition coefficient (Wildman–Crippen LogP) is 6.19. The molecule has 3 aromatic carbocycles. The lowest BCUT2D eigenvalue weighted by Crippen LogP contribution is -2.55. The number of anilines is 1. The molecule has 4 aromatic rings. The Kier molecular flexibility index (Phi) is 9.52. The van der Waals surface area contributed by atoms with Crippen molar-refractivity contribution in [3.05, 3.63) is 96.5 Å². The Morgan fingerprint density at radius 3 is 2.45 bits per heavy atom. The van der Waals surface area contributed by atoms with Gasteiger partial charge in [0.1, 0.15) is 35.2 Å². The number of carbonyl (C=O) groups excluding carboxylic acids is 2. The highest BCUT2D eigenvalue weighted by Crippen LogP contribution is 2.45. The fourth-order valence-electron chi connectivity index (χ4n) is 6.45. The number of carboxylic acid groups (broad SMARTS) is 1. The first-order valence-corrected chi connectivity index (χ1v) is 16.6. The number of nitrogens with zero attached hydrogens (tertiary/aromatic N) is 2. The van der Waals surface area contributed by atoms with Crippen molar-refractivity contribution < 1.29 is 29.0 Å². The first kappa shape index (κ1) is 33.8. The van der Waals surface area contributed by atoms with Crippen molar-refractivity contribution in [2.24, 2.45) is 11.8 Å². The smallest absolute Gasteiger partial charge is 0.330 e. The van der Waals surface area contributed by atoms with E-state index in [2.05, 4.69) is 17.2 Å². The Bertz CT molecular complexity index is 1880. The molecule has 49 heavy (non-hydrogen) atoms. The van der Waals surface area contributed by atoms with E-state index in [-0.39, 0.29) is 31.2 Å². The number of pyridine rings is 1. The number of carbonyl (C=O) groups is 3. The summed E-state index contributed by atoms with van der Waals surface area (Å²) in [6, 6.07) is 22.5. The lowest BCUT2D eigenvalue weighted by molar-refractivity contribution is -0.145. The summed E-state index contributed by atoms with van der Waals surface area (Å²) in [6.45, 7) is 7.68. The number of methoxy groups -OCH3 is 1. The zero-order valence-corrected chi connectivity index (χ0v) is 28.3. The minimum atomic E-state index is -1.45. The van der Waals surface area contributed by atoms with Gasteiger partial charge in [0.2, 0.25) is 11.8 Å². The van der Waals surface area contributed by atoms with Gasteiger partial charge in [-0.25, -0.2) is 9.78 Å². The normalized spacial score (nSPS) is 22.0. The lowest BCUT2D eigenvalue weighted by atomic mass is 10.0. The predicted molar refractivity (Wildman–Crippen MR) is 189 cm³/mol. The Hall–Kier alpha value is -5.09. The van der Waals surface area contributed by atoms with Crippen molar-refractivity contribution in [3.63, 3.8) is 0 Å². The number of fused-ring (bicyclic) bond motifs is 1. The zero-order valence-electron chi connectivity index (χ0n) is 27.6. The van der Waals surface area contributed by atoms with Gasteiger partial charge in [0.25, 0.3) is 0 Å². The number of amides is 2. The van der Waals surface area contributed by atoms with E-state index in [0.717, 1.165) is 10.9 Å². The molecule has 1 aliphatic heterocycles. The second kappa shape index (κ2) is 13.8. The summed E-state index contributed by atoms with van der Waals surface area (Å²) in [5.41, 5.74) is 1.50. The topological polar surface area (TPSA) is 130 Å². The molecule has 0 bridgehead atoms. The minimum absolute atomic E-state index is 0.105. The average molecular weight is 683 g/mol. The van der Waals surface area contributed by atoms with Gasteiger partial charge in [-0.15, -0.1) is 6.58 Å². The molecule has 254 valence electrons. The van der Waals surface area contributed by atoms with Crippen LogP contribution in [0.4, 0.5) is 5.69 Å². The van der Waals surface area contributed by atoms with E-state index in [4.69, 9.17) is 26.1 Å². The third-order valence-electron chi connectivity index (χ3n) is 9.32. The third kappa shape index (κ3) is 6.91. The average Bonchev–Trinajstić information content (AvgIpc) is 3.67. The van der Waals surface area contributed by atoms with Crippen LogP contribution >= 0.6 is 11.6 Å². The quantitative estimate of drug-likeness (QED) is 0.151. The van der Waals surface area contributed by atoms with Crippen LogP contribution in [0.25, 0.3) is 22.2 Å². The van der Waals surface area contributed by atoms with Crippen LogP contribution in [0.2, 0.25) is 5.02 Å². The lowest BCUT2D eigenvalue weighted by Gasteiger charge is -2.31. The van der Waals surface area contributed by atoms with Gasteiger partial charge in [0, 0.05) is 46.1 Å². The Morgan fingerprint density at radius 1 is 1.08 bits per heavy atom. The molecule has 1 unspecified atom stereocenters. The molecule has 10 nitrogen and oxygen atoms in total. The van der Waals surface area contributed by atoms with E-state index in [0.29, 0.717) is 33.4 Å². The van der Waals surface area contributed by atoms with Gasteiger partial charge in [-0.2, -0.15) is 0 Å². The Labute approximate surface area is 290 Å². The standard InChI is InChI=1S/C38H39ClN4O6/c1-5-24-20-38(24,37(46)47)42-35(44)32-18-28(21-43(32)36(45)34(22(2)3)40-26-13-11-25(39)12-14-26)49-33-19-30(23-9-7-6-8-10-23)41-31-17-27(48-4)15-16-29(31)33/h5-17,19,22,24,28,32,34,40H,1,18,20-21H2,2-4H3,(H,42,44)(H,46,47)/t24-,28+,32-,34-,38?/m0/s1. The summed E-state index contributed by atoms with van der Waals surface area (Å²) in [7, 11) is 1.59. The highest BCUT2D eigenvalue weighted by molar-refractivity contribution is 6.30. The number of aromatic nitrogens is 1. The van der Waals surface area contributed by atoms with Gasteiger partial charge in [0.05, 0.1) is 24.9 Å². The fourth-order valence-corrected chi connectivity index (χ4v) is 6.57. The molecule has 0 radical (unpaired) electrons. The van der Waals surface area contributed by atoms with E-state index in [1.54, 1.807) is 31.4 Å². The second-order valence-electron chi connectivity index (χ2n) is 12.9. The number of ether oxygens (including phenoxy) is 2. The van der Waals surface area contributed by atoms with Crippen LogP contribution in [-0.2, 0) is 14.4 Å². The second-order valence-corrected chi connectivity index (χ2v) is 13.4. The summed E-state index contributed by atoms with van der Waals surface area (Å²) in [5, 5.41) is 17.4. The summed E-state index contributed by atoms with van der Waals surface area (Å²) >= 11 is 6.09. The maximum atomic E-state index is 14.4. The molecule has 2 amide bonds. The molecule has 1 aromatic heterocycles. The first-order valence-electron chi connectivity index (χ1n) is 16.2. The van der Waals surface area contributed by atoms with Crippen molar-refractivity contribution in [1.29, 1.82) is 0 Å². The highest BCUT2D eigenvalue weighted by Gasteiger charge is 2.61. The Balaban J connectivity index is 1.34. The van der Waals surface area contributed by atoms with E-state index in [1.807, 2.05) is 68.4 Å². The van der Waals surface area contributed by atoms with E-state index in [9.17, 15) is 19.5 Å². The summed E-state index contributed by atoms with van der Waals surface area (Å²) in [6.07, 6.45) is 1.34. The first-order chi connectivity index (χ1) is 23.5. The molecule has 6 rings (SSSR count). The van der Waals surface area contributed by atoms with Crippen LogP contribution in [-0.4, -0.2) is 70.2 Å².